The van der Waals surface area contributed by atoms with Crippen LogP contribution in [0.2, 0.25) is 0 Å². The highest BCUT2D eigenvalue weighted by molar-refractivity contribution is 6.18. The number of rotatable bonds is 10. The van der Waals surface area contributed by atoms with E-state index in [0.717, 1.165) is 134 Å². The van der Waals surface area contributed by atoms with Crippen LogP contribution in [0.1, 0.15) is 99.9 Å². The fourth-order valence-electron chi connectivity index (χ4n) is 22.5. The van der Waals surface area contributed by atoms with Crippen LogP contribution in [-0.2, 0) is 21.7 Å². The zero-order valence-corrected chi connectivity index (χ0v) is 73.8. The lowest BCUT2D eigenvalue weighted by Crippen LogP contribution is -2.15. The van der Waals surface area contributed by atoms with E-state index in [9.17, 15) is 0 Å². The van der Waals surface area contributed by atoms with Gasteiger partial charge in [0.2, 0.25) is 0 Å². The SMILES string of the molecule is CC1(C)c2ccccc2-c2ccc(-c3cc(-c4ccc(-c5nc6ccccc6n5-c5ccccc5)cc4)c4cc(-c5ccc6c(c5)C(C)(C)c5ccccc5-6)c5ccccc5c4n3)cc21.CC1(C)c2ccccc2-c2ccc(-c3cc(-c4ccc(-n5c(-c6ccccc6)nc6ccccc65)cc4)c4cc(-c5ccc6c(c5)C(C)(C)c5ccccc5-6)c5ccccc5c4n3)cc21. The Kier molecular flexibility index (Phi) is 17.0. The maximum atomic E-state index is 5.65. The van der Waals surface area contributed by atoms with Crippen molar-refractivity contribution < 1.29 is 0 Å². The first-order chi connectivity index (χ1) is 63.5. The molecule has 22 aromatic rings. The molecule has 130 heavy (non-hydrogen) atoms. The van der Waals surface area contributed by atoms with Crippen molar-refractivity contribution in [3.63, 3.8) is 0 Å². The van der Waals surface area contributed by atoms with Gasteiger partial charge in [0.15, 0.2) is 0 Å². The van der Waals surface area contributed by atoms with Crippen LogP contribution in [0.5, 0.6) is 0 Å². The van der Waals surface area contributed by atoms with Crippen molar-refractivity contribution in [3.05, 3.63) is 445 Å². The van der Waals surface area contributed by atoms with Gasteiger partial charge in [0, 0.05) is 76.8 Å². The number of aromatic nitrogens is 6. The standard InChI is InChI=1S/2C62H45N3/c1-61(2)52-22-12-10-19-44(52)46-32-28-40(34-54(46)61)49-36-51-50(38-26-30-42(31-27-38)65-58-25-15-14-24-56(58)64-60(65)39-16-6-5-7-17-39)37-57(63-59(51)48-21-9-8-18-43(48)49)41-29-33-47-45-20-11-13-23-53(45)62(3,4)55(47)35-41;1-61(2)52-22-12-10-19-44(52)46-32-30-40(34-54(46)61)49-36-51-50(38-26-28-39(29-27-38)60-64-56-24-14-15-25-58(56)65(60)42-16-6-5-7-17-42)37-57(63-59(51)48-21-9-8-18-43(48)49)41-31-33-47-45-20-11-13-23-53(45)62(3,4)55(47)35-41/h2*5-37H,1-4H3. The Morgan fingerprint density at radius 2 is 0.454 bits per heavy atom. The van der Waals surface area contributed by atoms with Crippen LogP contribution in [0, 0.1) is 0 Å². The first kappa shape index (κ1) is 76.7. The number of hydrogen-bond acceptors (Lipinski definition) is 4. The third kappa shape index (κ3) is 11.7. The summed E-state index contributed by atoms with van der Waals surface area (Å²) in [6.45, 7) is 18.8. The summed E-state index contributed by atoms with van der Waals surface area (Å²) >= 11 is 0. The van der Waals surface area contributed by atoms with Gasteiger partial charge in [-0.05, 0) is 241 Å². The summed E-state index contributed by atoms with van der Waals surface area (Å²) in [5.41, 5.74) is 45.1. The molecule has 0 fully saturated rings. The van der Waals surface area contributed by atoms with Gasteiger partial charge >= 0.3 is 0 Å². The van der Waals surface area contributed by atoms with Gasteiger partial charge in [-0.3, -0.25) is 9.13 Å². The second kappa shape index (κ2) is 28.9. The molecule has 0 saturated heterocycles. The largest absolute Gasteiger partial charge is 0.292 e. The molecular formula is C124H90N6. The third-order valence-electron chi connectivity index (χ3n) is 29.2. The smallest absolute Gasteiger partial charge is 0.145 e. The lowest BCUT2D eigenvalue weighted by atomic mass is 9.81. The average molecular weight is 1660 g/mol. The highest BCUT2D eigenvalue weighted by Gasteiger charge is 2.40. The first-order valence-corrected chi connectivity index (χ1v) is 45.5. The average Bonchev–Trinajstić information content (AvgIpc) is 1.03. The minimum absolute atomic E-state index is 0.106. The van der Waals surface area contributed by atoms with E-state index in [-0.39, 0.29) is 21.7 Å². The van der Waals surface area contributed by atoms with Gasteiger partial charge in [-0.15, -0.1) is 0 Å². The molecule has 4 aliphatic rings. The molecule has 6 heteroatoms. The summed E-state index contributed by atoms with van der Waals surface area (Å²) in [7, 11) is 0. The summed E-state index contributed by atoms with van der Waals surface area (Å²) in [4.78, 5) is 21.6. The zero-order chi connectivity index (χ0) is 87.2. The minimum Gasteiger partial charge on any atom is -0.292 e. The molecule has 0 radical (unpaired) electrons. The van der Waals surface area contributed by atoms with Crippen molar-refractivity contribution in [1.29, 1.82) is 0 Å². The normalized spacial score (nSPS) is 14.1. The molecule has 0 aliphatic heterocycles. The molecule has 0 amide bonds. The number of hydrogen-bond donors (Lipinski definition) is 0. The van der Waals surface area contributed by atoms with E-state index in [1.807, 2.05) is 0 Å². The van der Waals surface area contributed by atoms with Crippen LogP contribution >= 0.6 is 0 Å². The van der Waals surface area contributed by atoms with Gasteiger partial charge in [-0.25, -0.2) is 19.9 Å². The van der Waals surface area contributed by atoms with E-state index in [4.69, 9.17) is 19.9 Å². The van der Waals surface area contributed by atoms with Crippen molar-refractivity contribution in [2.45, 2.75) is 77.0 Å². The quantitative estimate of drug-likeness (QED) is 0.128. The second-order valence-electron chi connectivity index (χ2n) is 37.9. The van der Waals surface area contributed by atoms with E-state index in [1.165, 1.54) is 122 Å². The van der Waals surface area contributed by atoms with Gasteiger partial charge in [0.05, 0.1) is 44.5 Å². The van der Waals surface area contributed by atoms with Crippen LogP contribution in [-0.4, -0.2) is 29.1 Å². The Labute approximate surface area is 756 Å². The van der Waals surface area contributed by atoms with Crippen LogP contribution in [0.25, 0.3) is 211 Å². The minimum atomic E-state index is -0.124. The van der Waals surface area contributed by atoms with E-state index in [1.54, 1.807) is 0 Å². The van der Waals surface area contributed by atoms with Crippen LogP contribution < -0.4 is 0 Å². The molecule has 0 N–H and O–H groups in total. The van der Waals surface area contributed by atoms with E-state index < -0.39 is 0 Å². The number of para-hydroxylation sites is 5. The number of nitrogens with zero attached hydrogens (tertiary/aromatic N) is 6. The molecule has 4 heterocycles. The summed E-state index contributed by atoms with van der Waals surface area (Å²) in [6.07, 6.45) is 0. The highest BCUT2D eigenvalue weighted by atomic mass is 15.1. The molecule has 18 aromatic carbocycles. The predicted octanol–water partition coefficient (Wildman–Crippen LogP) is 32.0. The fraction of sp³-hybridized carbons (Fsp3) is 0.0968. The number of pyridine rings is 2. The molecule has 26 rings (SSSR count). The molecule has 4 aliphatic carbocycles. The molecule has 0 unspecified atom stereocenters. The van der Waals surface area contributed by atoms with Crippen molar-refractivity contribution in [2.24, 2.45) is 0 Å². The Bertz CT molecular complexity index is 8500. The second-order valence-corrected chi connectivity index (χ2v) is 37.9. The zero-order valence-electron chi connectivity index (χ0n) is 73.8. The number of fused-ring (bicyclic) bond motifs is 20. The van der Waals surface area contributed by atoms with Crippen LogP contribution in [0.3, 0.4) is 0 Å². The summed E-state index contributed by atoms with van der Waals surface area (Å²) in [6, 6.07) is 147. The topological polar surface area (TPSA) is 61.4 Å². The summed E-state index contributed by atoms with van der Waals surface area (Å²) < 4.78 is 4.56. The maximum absolute atomic E-state index is 5.65. The number of imidazole rings is 2. The first-order valence-electron chi connectivity index (χ1n) is 45.5. The Balaban J connectivity index is 0.000000140. The third-order valence-corrected chi connectivity index (χ3v) is 29.2. The molecule has 0 atom stereocenters. The Morgan fingerprint density at radius 3 is 0.854 bits per heavy atom. The van der Waals surface area contributed by atoms with Crippen LogP contribution in [0.15, 0.2) is 400 Å². The predicted molar refractivity (Wildman–Crippen MR) is 541 cm³/mol. The van der Waals surface area contributed by atoms with Gasteiger partial charge in [-0.2, -0.15) is 0 Å². The maximum Gasteiger partial charge on any atom is 0.145 e. The molecule has 616 valence electrons. The lowest BCUT2D eigenvalue weighted by Gasteiger charge is -2.22. The van der Waals surface area contributed by atoms with Gasteiger partial charge in [-0.1, -0.05) is 359 Å². The van der Waals surface area contributed by atoms with Crippen LogP contribution in [0.4, 0.5) is 0 Å². The van der Waals surface area contributed by atoms with E-state index >= 15 is 0 Å². The van der Waals surface area contributed by atoms with E-state index in [0.29, 0.717) is 0 Å². The number of benzene rings is 18. The fourth-order valence-corrected chi connectivity index (χ4v) is 22.5. The molecule has 0 bridgehead atoms. The van der Waals surface area contributed by atoms with Crippen molar-refractivity contribution in [1.82, 2.24) is 29.1 Å². The van der Waals surface area contributed by atoms with Gasteiger partial charge < -0.3 is 0 Å². The molecule has 4 aromatic heterocycles. The van der Waals surface area contributed by atoms with Crippen molar-refractivity contribution in [3.8, 4) is 146 Å². The Morgan fingerprint density at radius 1 is 0.177 bits per heavy atom. The summed E-state index contributed by atoms with van der Waals surface area (Å²) in [5, 5.41) is 6.95. The summed E-state index contributed by atoms with van der Waals surface area (Å²) in [5.74, 6) is 1.84. The monoisotopic (exact) mass is 1660 g/mol. The molecular weight excluding hydrogens is 1570 g/mol. The van der Waals surface area contributed by atoms with E-state index in [2.05, 4.69) is 465 Å². The van der Waals surface area contributed by atoms with Gasteiger partial charge in [0.1, 0.15) is 11.6 Å². The molecule has 6 nitrogen and oxygen atoms in total. The highest BCUT2D eigenvalue weighted by Crippen LogP contribution is 2.56. The van der Waals surface area contributed by atoms with Crippen molar-refractivity contribution in [2.75, 3.05) is 0 Å². The van der Waals surface area contributed by atoms with Gasteiger partial charge in [0.25, 0.3) is 0 Å². The lowest BCUT2D eigenvalue weighted by molar-refractivity contribution is 0.660. The molecule has 0 spiro atoms. The van der Waals surface area contributed by atoms with Crippen molar-refractivity contribution >= 4 is 65.4 Å². The Hall–Kier alpha value is -15.8. The molecule has 0 saturated carbocycles.